The van der Waals surface area contributed by atoms with Crippen LogP contribution in [0.5, 0.6) is 0 Å². The number of guanidine groups is 1. The van der Waals surface area contributed by atoms with E-state index in [9.17, 15) is 0 Å². The molecule has 1 aliphatic heterocycles. The SMILES string of the molecule is Cc1cc(C)n(CCCN=C(NCCc2ccco2)NCCN2CCOCC2)n1. The van der Waals surface area contributed by atoms with Gasteiger partial charge in [-0.1, -0.05) is 0 Å². The first kappa shape index (κ1) is 21.4. The second-order valence-corrected chi connectivity index (χ2v) is 7.37. The van der Waals surface area contributed by atoms with Gasteiger partial charge >= 0.3 is 0 Å². The van der Waals surface area contributed by atoms with E-state index in [1.165, 1.54) is 5.69 Å². The summed E-state index contributed by atoms with van der Waals surface area (Å²) in [4.78, 5) is 7.17. The molecule has 2 aromatic heterocycles. The molecule has 1 fully saturated rings. The Hall–Kier alpha value is -2.32. The van der Waals surface area contributed by atoms with Crippen LogP contribution in [0.25, 0.3) is 0 Å². The summed E-state index contributed by atoms with van der Waals surface area (Å²) < 4.78 is 12.9. The third kappa shape index (κ3) is 7.55. The summed E-state index contributed by atoms with van der Waals surface area (Å²) in [5, 5.41) is 11.4. The lowest BCUT2D eigenvalue weighted by Crippen LogP contribution is -2.44. The van der Waals surface area contributed by atoms with E-state index in [1.807, 2.05) is 19.1 Å². The van der Waals surface area contributed by atoms with E-state index >= 15 is 0 Å². The minimum Gasteiger partial charge on any atom is -0.469 e. The second kappa shape index (κ2) is 11.6. The van der Waals surface area contributed by atoms with E-state index in [0.717, 1.165) is 89.3 Å². The van der Waals surface area contributed by atoms with Gasteiger partial charge in [0.2, 0.25) is 0 Å². The predicted octanol–water partition coefficient (Wildman–Crippen LogP) is 1.59. The van der Waals surface area contributed by atoms with Crippen molar-refractivity contribution in [1.82, 2.24) is 25.3 Å². The fourth-order valence-electron chi connectivity index (χ4n) is 3.40. The minimum atomic E-state index is 0.756. The topological polar surface area (TPSA) is 79.9 Å². The van der Waals surface area contributed by atoms with Crippen LogP contribution < -0.4 is 10.6 Å². The van der Waals surface area contributed by atoms with Crippen molar-refractivity contribution in [1.29, 1.82) is 0 Å². The van der Waals surface area contributed by atoms with Crippen LogP contribution in [0.15, 0.2) is 33.9 Å². The fraction of sp³-hybridized carbons (Fsp3) is 0.619. The zero-order chi connectivity index (χ0) is 20.3. The Morgan fingerprint density at radius 1 is 1.17 bits per heavy atom. The molecule has 0 saturated carbocycles. The van der Waals surface area contributed by atoms with Gasteiger partial charge in [0.05, 0.1) is 25.2 Å². The average molecular weight is 403 g/mol. The van der Waals surface area contributed by atoms with Gasteiger partial charge in [0.15, 0.2) is 5.96 Å². The summed E-state index contributed by atoms with van der Waals surface area (Å²) in [6, 6.07) is 6.03. The molecule has 1 saturated heterocycles. The molecule has 0 bridgehead atoms. The van der Waals surface area contributed by atoms with Crippen molar-refractivity contribution < 1.29 is 9.15 Å². The summed E-state index contributed by atoms with van der Waals surface area (Å²) in [7, 11) is 0. The van der Waals surface area contributed by atoms with E-state index < -0.39 is 0 Å². The molecular formula is C21H34N6O2. The monoisotopic (exact) mass is 402 g/mol. The van der Waals surface area contributed by atoms with Crippen LogP contribution in [-0.2, 0) is 17.7 Å². The van der Waals surface area contributed by atoms with Gasteiger partial charge in [-0.05, 0) is 38.5 Å². The fourth-order valence-corrected chi connectivity index (χ4v) is 3.40. The maximum absolute atomic E-state index is 5.41. The molecule has 0 spiro atoms. The van der Waals surface area contributed by atoms with Crippen molar-refractivity contribution in [3.8, 4) is 0 Å². The molecule has 1 aliphatic rings. The van der Waals surface area contributed by atoms with Gasteiger partial charge in [0.1, 0.15) is 5.76 Å². The third-order valence-electron chi connectivity index (χ3n) is 4.97. The smallest absolute Gasteiger partial charge is 0.191 e. The normalized spacial score (nSPS) is 15.6. The van der Waals surface area contributed by atoms with Crippen LogP contribution in [0.2, 0.25) is 0 Å². The highest BCUT2D eigenvalue weighted by Crippen LogP contribution is 2.03. The van der Waals surface area contributed by atoms with Crippen LogP contribution in [0.1, 0.15) is 23.6 Å². The van der Waals surface area contributed by atoms with Crippen molar-refractivity contribution in [2.75, 3.05) is 52.5 Å². The number of hydrogen-bond acceptors (Lipinski definition) is 5. The molecule has 0 atom stereocenters. The van der Waals surface area contributed by atoms with Crippen LogP contribution >= 0.6 is 0 Å². The van der Waals surface area contributed by atoms with Gasteiger partial charge in [0.25, 0.3) is 0 Å². The van der Waals surface area contributed by atoms with E-state index in [2.05, 4.69) is 38.3 Å². The highest BCUT2D eigenvalue weighted by molar-refractivity contribution is 5.79. The molecule has 2 N–H and O–H groups in total. The highest BCUT2D eigenvalue weighted by Gasteiger charge is 2.10. The molecule has 8 nitrogen and oxygen atoms in total. The lowest BCUT2D eigenvalue weighted by Gasteiger charge is -2.26. The number of nitrogens with one attached hydrogen (secondary N) is 2. The zero-order valence-electron chi connectivity index (χ0n) is 17.7. The number of hydrogen-bond donors (Lipinski definition) is 2. The van der Waals surface area contributed by atoms with Crippen molar-refractivity contribution in [3.63, 3.8) is 0 Å². The Kier molecular flexibility index (Phi) is 8.58. The number of aliphatic imine (C=N–C) groups is 1. The third-order valence-corrected chi connectivity index (χ3v) is 4.97. The largest absolute Gasteiger partial charge is 0.469 e. The lowest BCUT2D eigenvalue weighted by atomic mass is 10.3. The number of aryl methyl sites for hydroxylation is 3. The molecular weight excluding hydrogens is 368 g/mol. The van der Waals surface area contributed by atoms with Crippen LogP contribution in [0.3, 0.4) is 0 Å². The van der Waals surface area contributed by atoms with E-state index in [0.29, 0.717) is 0 Å². The predicted molar refractivity (Wildman–Crippen MR) is 114 cm³/mol. The first-order valence-electron chi connectivity index (χ1n) is 10.6. The summed E-state index contributed by atoms with van der Waals surface area (Å²) in [6.07, 6.45) is 3.50. The Balaban J connectivity index is 1.43. The summed E-state index contributed by atoms with van der Waals surface area (Å²) in [5.74, 6) is 1.84. The van der Waals surface area contributed by atoms with Crippen molar-refractivity contribution in [2.45, 2.75) is 33.2 Å². The summed E-state index contributed by atoms with van der Waals surface area (Å²) in [6.45, 7) is 12.1. The van der Waals surface area contributed by atoms with E-state index in [-0.39, 0.29) is 0 Å². The van der Waals surface area contributed by atoms with Crippen LogP contribution in [0, 0.1) is 13.8 Å². The summed E-state index contributed by atoms with van der Waals surface area (Å²) >= 11 is 0. The highest BCUT2D eigenvalue weighted by atomic mass is 16.5. The number of furan rings is 1. The van der Waals surface area contributed by atoms with Crippen LogP contribution in [0.4, 0.5) is 0 Å². The molecule has 29 heavy (non-hydrogen) atoms. The quantitative estimate of drug-likeness (QED) is 0.357. The molecule has 3 rings (SSSR count). The van der Waals surface area contributed by atoms with Gasteiger partial charge < -0.3 is 19.8 Å². The molecule has 0 radical (unpaired) electrons. The van der Waals surface area contributed by atoms with E-state index in [4.69, 9.17) is 14.1 Å². The van der Waals surface area contributed by atoms with Gasteiger partial charge in [0, 0.05) is 57.9 Å². The van der Waals surface area contributed by atoms with Crippen molar-refractivity contribution in [3.05, 3.63) is 41.6 Å². The molecule has 2 aromatic rings. The minimum absolute atomic E-state index is 0.756. The molecule has 0 aromatic carbocycles. The Morgan fingerprint density at radius 3 is 2.72 bits per heavy atom. The number of ether oxygens (including phenoxy) is 1. The standard InChI is InChI=1S/C21H34N6O2/c1-18-17-19(2)27(25-18)10-4-7-22-21(23-8-6-20-5-3-14-29-20)24-9-11-26-12-15-28-16-13-26/h3,5,14,17H,4,6-13,15-16H2,1-2H3,(H2,22,23,24). The molecule has 8 heteroatoms. The second-order valence-electron chi connectivity index (χ2n) is 7.37. The maximum Gasteiger partial charge on any atom is 0.191 e. The number of morpholine rings is 1. The van der Waals surface area contributed by atoms with Gasteiger partial charge in [-0.15, -0.1) is 0 Å². The first-order valence-corrected chi connectivity index (χ1v) is 10.6. The number of nitrogens with zero attached hydrogens (tertiary/aromatic N) is 4. The van der Waals surface area contributed by atoms with Crippen molar-refractivity contribution in [2.24, 2.45) is 4.99 Å². The lowest BCUT2D eigenvalue weighted by molar-refractivity contribution is 0.0389. The van der Waals surface area contributed by atoms with Gasteiger partial charge in [-0.25, -0.2) is 0 Å². The first-order chi connectivity index (χ1) is 14.2. The number of rotatable bonds is 10. The molecule has 0 amide bonds. The molecule has 3 heterocycles. The number of aromatic nitrogens is 2. The molecule has 160 valence electrons. The van der Waals surface area contributed by atoms with E-state index in [1.54, 1.807) is 6.26 Å². The Labute approximate surface area is 173 Å². The van der Waals surface area contributed by atoms with Crippen molar-refractivity contribution >= 4 is 5.96 Å². The maximum atomic E-state index is 5.41. The Bertz CT molecular complexity index is 734. The molecule has 0 unspecified atom stereocenters. The Morgan fingerprint density at radius 2 is 2.00 bits per heavy atom. The zero-order valence-corrected chi connectivity index (χ0v) is 17.7. The summed E-state index contributed by atoms with van der Waals surface area (Å²) in [5.41, 5.74) is 2.27. The molecule has 0 aliphatic carbocycles. The average Bonchev–Trinajstić information content (AvgIpc) is 3.35. The van der Waals surface area contributed by atoms with Gasteiger partial charge in [-0.3, -0.25) is 14.6 Å². The van der Waals surface area contributed by atoms with Gasteiger partial charge in [-0.2, -0.15) is 5.10 Å². The van der Waals surface area contributed by atoms with Crippen LogP contribution in [-0.4, -0.2) is 73.1 Å².